The molecule has 1 aliphatic rings. The highest BCUT2D eigenvalue weighted by molar-refractivity contribution is 5.85. The van der Waals surface area contributed by atoms with Gasteiger partial charge in [-0.2, -0.15) is 0 Å². The molecule has 5 heteroatoms. The molecule has 0 amide bonds. The van der Waals surface area contributed by atoms with E-state index in [0.717, 1.165) is 32.2 Å². The van der Waals surface area contributed by atoms with Crippen molar-refractivity contribution < 1.29 is 10.3 Å². The van der Waals surface area contributed by atoms with Crippen LogP contribution in [0.1, 0.15) is 46.0 Å². The number of hydrogen-bond donors (Lipinski definition) is 4. The third-order valence-corrected chi connectivity index (χ3v) is 3.69. The van der Waals surface area contributed by atoms with Crippen LogP contribution in [0.5, 0.6) is 0 Å². The first-order valence-electron chi connectivity index (χ1n) is 6.37. The van der Waals surface area contributed by atoms with E-state index in [9.17, 15) is 5.11 Å². The second-order valence-electron chi connectivity index (χ2n) is 5.53. The zero-order chi connectivity index (χ0) is 12.9. The number of rotatable bonds is 5. The predicted octanol–water partition coefficient (Wildman–Crippen LogP) is 1.04. The van der Waals surface area contributed by atoms with E-state index in [1.54, 1.807) is 0 Å². The summed E-state index contributed by atoms with van der Waals surface area (Å²) in [7, 11) is 0. The van der Waals surface area contributed by atoms with Crippen molar-refractivity contribution >= 4 is 5.84 Å². The molecular weight excluding hydrogens is 218 g/mol. The zero-order valence-corrected chi connectivity index (χ0v) is 10.8. The number of nitrogens with one attached hydrogen (secondary N) is 1. The molecular formula is C12H25N3O2. The quantitative estimate of drug-likeness (QED) is 0.251. The van der Waals surface area contributed by atoms with Crippen molar-refractivity contribution in [1.82, 2.24) is 5.32 Å². The number of aliphatic hydroxyl groups excluding tert-OH is 1. The van der Waals surface area contributed by atoms with Crippen LogP contribution < -0.4 is 11.1 Å². The van der Waals surface area contributed by atoms with Crippen LogP contribution in [-0.2, 0) is 0 Å². The normalized spacial score (nSPS) is 27.1. The van der Waals surface area contributed by atoms with Gasteiger partial charge in [0.2, 0.25) is 0 Å². The van der Waals surface area contributed by atoms with Gasteiger partial charge in [0, 0.05) is 11.5 Å². The molecule has 0 radical (unpaired) electrons. The van der Waals surface area contributed by atoms with Gasteiger partial charge < -0.3 is 21.4 Å². The Morgan fingerprint density at radius 2 is 2.06 bits per heavy atom. The van der Waals surface area contributed by atoms with Gasteiger partial charge in [-0.1, -0.05) is 31.8 Å². The van der Waals surface area contributed by atoms with Crippen LogP contribution in [0, 0.1) is 5.41 Å². The summed E-state index contributed by atoms with van der Waals surface area (Å²) >= 11 is 0. The van der Waals surface area contributed by atoms with E-state index in [1.165, 1.54) is 6.42 Å². The van der Waals surface area contributed by atoms with Gasteiger partial charge in [0.15, 0.2) is 0 Å². The Morgan fingerprint density at radius 1 is 1.41 bits per heavy atom. The summed E-state index contributed by atoms with van der Waals surface area (Å²) in [5.74, 6) is 0.253. The molecule has 0 aromatic carbocycles. The van der Waals surface area contributed by atoms with Crippen molar-refractivity contribution in [2.24, 2.45) is 16.3 Å². The Hall–Kier alpha value is -0.810. The molecule has 1 saturated carbocycles. The number of nitrogens with two attached hydrogens (primary N) is 1. The largest absolute Gasteiger partial charge is 0.409 e. The smallest absolute Gasteiger partial charge is 0.144 e. The minimum absolute atomic E-state index is 0.201. The second-order valence-corrected chi connectivity index (χ2v) is 5.53. The lowest BCUT2D eigenvalue weighted by atomic mass is 9.87. The van der Waals surface area contributed by atoms with Crippen LogP contribution in [0.2, 0.25) is 0 Å². The van der Waals surface area contributed by atoms with E-state index in [0.29, 0.717) is 0 Å². The first kappa shape index (κ1) is 14.3. The first-order chi connectivity index (χ1) is 7.97. The standard InChI is InChI=1S/C12H25N3O2/c1-12(2,11(13)15-17)7-8-14-9-5-3-4-6-10(9)16/h9-10,14,16-17H,3-8H2,1-2H3,(H2,13,15). The third-order valence-electron chi connectivity index (χ3n) is 3.69. The molecule has 0 spiro atoms. The SMILES string of the molecule is CC(C)(CCNC1CCCCC1O)C(N)=NO. The number of hydrogen-bond acceptors (Lipinski definition) is 4. The average Bonchev–Trinajstić information content (AvgIpc) is 2.30. The molecule has 5 nitrogen and oxygen atoms in total. The Morgan fingerprint density at radius 3 is 2.65 bits per heavy atom. The topological polar surface area (TPSA) is 90.9 Å². The molecule has 0 bridgehead atoms. The number of nitrogens with zero attached hydrogens (tertiary/aromatic N) is 1. The summed E-state index contributed by atoms with van der Waals surface area (Å²) in [6.07, 6.45) is 4.78. The Balaban J connectivity index is 2.31. The maximum absolute atomic E-state index is 9.80. The van der Waals surface area contributed by atoms with Crippen molar-refractivity contribution in [2.75, 3.05) is 6.54 Å². The van der Waals surface area contributed by atoms with Crippen LogP contribution in [0.25, 0.3) is 0 Å². The monoisotopic (exact) mass is 243 g/mol. The van der Waals surface area contributed by atoms with Gasteiger partial charge in [-0.25, -0.2) is 0 Å². The molecule has 0 saturated heterocycles. The zero-order valence-electron chi connectivity index (χ0n) is 10.8. The lowest BCUT2D eigenvalue weighted by Crippen LogP contribution is -2.44. The summed E-state index contributed by atoms with van der Waals surface area (Å²) in [6.45, 7) is 4.66. The molecule has 0 heterocycles. The van der Waals surface area contributed by atoms with Gasteiger partial charge >= 0.3 is 0 Å². The van der Waals surface area contributed by atoms with Gasteiger partial charge in [-0.05, 0) is 25.8 Å². The average molecular weight is 243 g/mol. The minimum Gasteiger partial charge on any atom is -0.409 e. The maximum atomic E-state index is 9.80. The Labute approximate surface area is 103 Å². The van der Waals surface area contributed by atoms with Crippen LogP contribution in [0.15, 0.2) is 5.16 Å². The molecule has 1 rings (SSSR count). The van der Waals surface area contributed by atoms with Crippen molar-refractivity contribution in [2.45, 2.75) is 58.1 Å². The fraction of sp³-hybridized carbons (Fsp3) is 0.917. The molecule has 100 valence electrons. The highest BCUT2D eigenvalue weighted by Gasteiger charge is 2.26. The molecule has 0 aromatic heterocycles. The molecule has 5 N–H and O–H groups in total. The third kappa shape index (κ3) is 4.16. The van der Waals surface area contributed by atoms with Gasteiger partial charge in [0.05, 0.1) is 6.10 Å². The summed E-state index contributed by atoms with van der Waals surface area (Å²) in [6, 6.07) is 0.201. The summed E-state index contributed by atoms with van der Waals surface area (Å²) in [4.78, 5) is 0. The van der Waals surface area contributed by atoms with Crippen LogP contribution >= 0.6 is 0 Å². The van der Waals surface area contributed by atoms with E-state index in [1.807, 2.05) is 13.8 Å². The van der Waals surface area contributed by atoms with E-state index in [2.05, 4.69) is 10.5 Å². The molecule has 17 heavy (non-hydrogen) atoms. The molecule has 2 atom stereocenters. The van der Waals surface area contributed by atoms with Crippen molar-refractivity contribution in [1.29, 1.82) is 0 Å². The molecule has 0 aromatic rings. The first-order valence-corrected chi connectivity index (χ1v) is 6.37. The fourth-order valence-corrected chi connectivity index (χ4v) is 2.18. The van der Waals surface area contributed by atoms with Gasteiger partial charge in [-0.3, -0.25) is 0 Å². The summed E-state index contributed by atoms with van der Waals surface area (Å²) in [5.41, 5.74) is 5.30. The molecule has 0 aliphatic heterocycles. The Bertz CT molecular complexity index is 266. The van der Waals surface area contributed by atoms with Crippen LogP contribution in [-0.4, -0.2) is 34.8 Å². The lowest BCUT2D eigenvalue weighted by Gasteiger charge is -2.30. The van der Waals surface area contributed by atoms with Crippen LogP contribution in [0.3, 0.4) is 0 Å². The maximum Gasteiger partial charge on any atom is 0.144 e. The highest BCUT2D eigenvalue weighted by Crippen LogP contribution is 2.21. The van der Waals surface area contributed by atoms with Crippen LogP contribution in [0.4, 0.5) is 0 Å². The van der Waals surface area contributed by atoms with Crippen molar-refractivity contribution in [3.8, 4) is 0 Å². The Kier molecular flexibility index (Phi) is 5.21. The second kappa shape index (κ2) is 6.21. The van der Waals surface area contributed by atoms with E-state index >= 15 is 0 Å². The highest BCUT2D eigenvalue weighted by atomic mass is 16.4. The summed E-state index contributed by atoms with van der Waals surface area (Å²) < 4.78 is 0. The van der Waals surface area contributed by atoms with Crippen molar-refractivity contribution in [3.05, 3.63) is 0 Å². The lowest BCUT2D eigenvalue weighted by molar-refractivity contribution is 0.0900. The van der Waals surface area contributed by atoms with Crippen molar-refractivity contribution in [3.63, 3.8) is 0 Å². The summed E-state index contributed by atoms with van der Waals surface area (Å²) in [5, 5.41) is 24.9. The number of amidine groups is 1. The van der Waals surface area contributed by atoms with Gasteiger partial charge in [0.25, 0.3) is 0 Å². The predicted molar refractivity (Wildman–Crippen MR) is 68.1 cm³/mol. The molecule has 1 fully saturated rings. The van der Waals surface area contributed by atoms with E-state index in [4.69, 9.17) is 10.9 Å². The fourth-order valence-electron chi connectivity index (χ4n) is 2.18. The minimum atomic E-state index is -0.318. The molecule has 2 unspecified atom stereocenters. The number of aliphatic hydroxyl groups is 1. The van der Waals surface area contributed by atoms with E-state index < -0.39 is 0 Å². The van der Waals surface area contributed by atoms with E-state index in [-0.39, 0.29) is 23.4 Å². The van der Waals surface area contributed by atoms with Gasteiger partial charge in [0.1, 0.15) is 5.84 Å². The molecule has 1 aliphatic carbocycles. The van der Waals surface area contributed by atoms with Gasteiger partial charge in [-0.15, -0.1) is 0 Å². The number of oxime groups is 1.